The molecule has 0 aromatic heterocycles. The van der Waals surface area contributed by atoms with Crippen molar-refractivity contribution < 1.29 is 14.3 Å². The molecule has 0 unspecified atom stereocenters. The predicted molar refractivity (Wildman–Crippen MR) is 78.0 cm³/mol. The summed E-state index contributed by atoms with van der Waals surface area (Å²) in [5, 5.41) is 2.98. The van der Waals surface area contributed by atoms with E-state index in [1.54, 1.807) is 17.8 Å². The van der Waals surface area contributed by atoms with Crippen LogP contribution in [0, 0.1) is 5.41 Å². The smallest absolute Gasteiger partial charge is 0.340 e. The first-order valence-electron chi connectivity index (χ1n) is 6.82. The van der Waals surface area contributed by atoms with Crippen LogP contribution >= 0.6 is 11.8 Å². The molecule has 1 N–H and O–H groups in total. The van der Waals surface area contributed by atoms with Crippen molar-refractivity contribution >= 4 is 29.3 Å². The summed E-state index contributed by atoms with van der Waals surface area (Å²) < 4.78 is 4.80. The number of para-hydroxylation sites is 1. The Labute approximate surface area is 122 Å². The molecule has 0 bridgehead atoms. The normalized spacial score (nSPS) is 20.1. The summed E-state index contributed by atoms with van der Waals surface area (Å²) in [5.74, 6) is 0.430. The quantitative estimate of drug-likeness (QED) is 0.808. The number of rotatable bonds is 1. The van der Waals surface area contributed by atoms with Gasteiger partial charge in [0.1, 0.15) is 0 Å². The lowest BCUT2D eigenvalue weighted by molar-refractivity contribution is -0.124. The fraction of sp³-hybridized carbons (Fsp3) is 0.467. The third-order valence-electron chi connectivity index (χ3n) is 4.22. The van der Waals surface area contributed by atoms with Gasteiger partial charge < -0.3 is 10.1 Å². The summed E-state index contributed by atoms with van der Waals surface area (Å²) in [4.78, 5) is 25.4. The molecule has 3 rings (SSSR count). The maximum absolute atomic E-state index is 12.6. The van der Waals surface area contributed by atoms with Crippen molar-refractivity contribution in [2.24, 2.45) is 5.41 Å². The van der Waals surface area contributed by atoms with Crippen LogP contribution in [0.5, 0.6) is 0 Å². The second-order valence-corrected chi connectivity index (χ2v) is 6.42. The maximum Gasteiger partial charge on any atom is 0.340 e. The van der Waals surface area contributed by atoms with Crippen molar-refractivity contribution in [2.45, 2.75) is 30.6 Å². The van der Waals surface area contributed by atoms with E-state index >= 15 is 0 Å². The van der Waals surface area contributed by atoms with E-state index in [0.29, 0.717) is 11.3 Å². The highest BCUT2D eigenvalue weighted by molar-refractivity contribution is 7.99. The summed E-state index contributed by atoms with van der Waals surface area (Å²) in [5.41, 5.74) is 0.774. The van der Waals surface area contributed by atoms with E-state index in [9.17, 15) is 9.59 Å². The molecule has 1 aromatic rings. The number of carbonyl (C=O) groups excluding carboxylic acids is 2. The molecule has 0 atom stereocenters. The number of hydrogen-bond acceptors (Lipinski definition) is 4. The van der Waals surface area contributed by atoms with Crippen LogP contribution in [-0.4, -0.2) is 24.7 Å². The number of thioether (sulfide) groups is 1. The van der Waals surface area contributed by atoms with E-state index in [1.807, 2.05) is 12.1 Å². The van der Waals surface area contributed by atoms with Gasteiger partial charge in [-0.2, -0.15) is 0 Å². The van der Waals surface area contributed by atoms with Gasteiger partial charge in [0.25, 0.3) is 0 Å². The van der Waals surface area contributed by atoms with Gasteiger partial charge in [0.05, 0.1) is 23.8 Å². The Bertz CT molecular complexity index is 564. The highest BCUT2D eigenvalue weighted by atomic mass is 32.2. The summed E-state index contributed by atoms with van der Waals surface area (Å²) in [6.45, 7) is 0. The Kier molecular flexibility index (Phi) is 3.46. The number of fused-ring (bicyclic) bond motifs is 1. The molecule has 2 aliphatic rings. The average molecular weight is 291 g/mol. The van der Waals surface area contributed by atoms with Crippen LogP contribution in [0.2, 0.25) is 0 Å². The molecule has 106 valence electrons. The average Bonchev–Trinajstić information content (AvgIpc) is 2.89. The third kappa shape index (κ3) is 2.10. The second-order valence-electron chi connectivity index (χ2n) is 5.40. The zero-order valence-electron chi connectivity index (χ0n) is 11.4. The van der Waals surface area contributed by atoms with Gasteiger partial charge in [-0.05, 0) is 25.0 Å². The van der Waals surface area contributed by atoms with Crippen molar-refractivity contribution in [2.75, 3.05) is 18.2 Å². The number of anilines is 1. The van der Waals surface area contributed by atoms with E-state index in [0.717, 1.165) is 36.3 Å². The molecule has 1 fully saturated rings. The Morgan fingerprint density at radius 3 is 2.80 bits per heavy atom. The molecular formula is C15H17NO3S. The molecule has 1 aromatic carbocycles. The topological polar surface area (TPSA) is 55.4 Å². The standard InChI is InChI=1S/C15H17NO3S/c1-19-13(17)10-5-4-6-11-12(10)16-14(18)15(9-20-11)7-2-3-8-15/h4-6H,2-3,7-9H2,1H3,(H,16,18). The molecule has 1 heterocycles. The lowest BCUT2D eigenvalue weighted by atomic mass is 9.87. The van der Waals surface area contributed by atoms with Crippen molar-refractivity contribution in [3.63, 3.8) is 0 Å². The number of hydrogen-bond donors (Lipinski definition) is 1. The fourth-order valence-electron chi connectivity index (χ4n) is 3.01. The third-order valence-corrected chi connectivity index (χ3v) is 5.56. The van der Waals surface area contributed by atoms with Crippen LogP contribution in [0.15, 0.2) is 23.1 Å². The molecule has 1 saturated carbocycles. The number of nitrogens with one attached hydrogen (secondary N) is 1. The van der Waals surface area contributed by atoms with Crippen LogP contribution < -0.4 is 5.32 Å². The van der Waals surface area contributed by atoms with Crippen LogP contribution in [0.25, 0.3) is 0 Å². The van der Waals surface area contributed by atoms with Gasteiger partial charge in [-0.3, -0.25) is 4.79 Å². The van der Waals surface area contributed by atoms with E-state index < -0.39 is 5.97 Å². The van der Waals surface area contributed by atoms with E-state index in [-0.39, 0.29) is 11.3 Å². The SMILES string of the molecule is COC(=O)c1cccc2c1NC(=O)C1(CCCC1)CS2. The number of carbonyl (C=O) groups is 2. The minimum Gasteiger partial charge on any atom is -0.465 e. The second kappa shape index (κ2) is 5.13. The largest absolute Gasteiger partial charge is 0.465 e. The fourth-order valence-corrected chi connectivity index (χ4v) is 4.34. The minimum absolute atomic E-state index is 0.0533. The number of esters is 1. The Morgan fingerprint density at radius 1 is 1.35 bits per heavy atom. The van der Waals surface area contributed by atoms with Gasteiger partial charge in [0.2, 0.25) is 5.91 Å². The molecular weight excluding hydrogens is 274 g/mol. The molecule has 0 radical (unpaired) electrons. The van der Waals surface area contributed by atoms with Crippen LogP contribution in [0.4, 0.5) is 5.69 Å². The molecule has 4 nitrogen and oxygen atoms in total. The van der Waals surface area contributed by atoms with Gasteiger partial charge in [0, 0.05) is 10.6 Å². The van der Waals surface area contributed by atoms with E-state index in [2.05, 4.69) is 5.32 Å². The van der Waals surface area contributed by atoms with Crippen molar-refractivity contribution in [1.82, 2.24) is 0 Å². The Hall–Kier alpha value is -1.49. The summed E-state index contributed by atoms with van der Waals surface area (Å²) in [7, 11) is 1.35. The van der Waals surface area contributed by atoms with E-state index in [4.69, 9.17) is 4.74 Å². The zero-order valence-corrected chi connectivity index (χ0v) is 12.2. The highest BCUT2D eigenvalue weighted by Crippen LogP contribution is 2.47. The van der Waals surface area contributed by atoms with Gasteiger partial charge in [-0.25, -0.2) is 4.79 Å². The highest BCUT2D eigenvalue weighted by Gasteiger charge is 2.43. The Balaban J connectivity index is 2.00. The first kappa shape index (κ1) is 13.5. The molecule has 20 heavy (non-hydrogen) atoms. The van der Waals surface area contributed by atoms with Crippen molar-refractivity contribution in [1.29, 1.82) is 0 Å². The number of ether oxygens (including phenoxy) is 1. The minimum atomic E-state index is -0.412. The Morgan fingerprint density at radius 2 is 2.10 bits per heavy atom. The number of amides is 1. The van der Waals surface area contributed by atoms with Crippen LogP contribution in [0.1, 0.15) is 36.0 Å². The molecule has 1 aliphatic carbocycles. The van der Waals surface area contributed by atoms with E-state index in [1.165, 1.54) is 7.11 Å². The molecule has 0 saturated heterocycles. The number of benzene rings is 1. The predicted octanol–water partition coefficient (Wildman–Crippen LogP) is 3.08. The molecule has 1 amide bonds. The summed E-state index contributed by atoms with van der Waals surface area (Å²) >= 11 is 1.66. The monoisotopic (exact) mass is 291 g/mol. The summed E-state index contributed by atoms with van der Waals surface area (Å²) in [6, 6.07) is 5.47. The lowest BCUT2D eigenvalue weighted by Gasteiger charge is -2.24. The molecule has 1 spiro atoms. The molecule has 5 heteroatoms. The lowest BCUT2D eigenvalue weighted by Crippen LogP contribution is -2.35. The molecule has 1 aliphatic heterocycles. The van der Waals surface area contributed by atoms with Crippen molar-refractivity contribution in [3.8, 4) is 0 Å². The van der Waals surface area contributed by atoms with Gasteiger partial charge in [0.15, 0.2) is 0 Å². The van der Waals surface area contributed by atoms with Crippen LogP contribution in [0.3, 0.4) is 0 Å². The first-order valence-corrected chi connectivity index (χ1v) is 7.80. The van der Waals surface area contributed by atoms with Gasteiger partial charge in [-0.1, -0.05) is 18.9 Å². The zero-order chi connectivity index (χ0) is 14.2. The first-order chi connectivity index (χ1) is 9.66. The van der Waals surface area contributed by atoms with Gasteiger partial charge >= 0.3 is 5.97 Å². The van der Waals surface area contributed by atoms with Crippen LogP contribution in [-0.2, 0) is 9.53 Å². The number of methoxy groups -OCH3 is 1. The maximum atomic E-state index is 12.6. The van der Waals surface area contributed by atoms with Gasteiger partial charge in [-0.15, -0.1) is 11.8 Å². The summed E-state index contributed by atoms with van der Waals surface area (Å²) in [6.07, 6.45) is 4.09. The van der Waals surface area contributed by atoms with Crippen molar-refractivity contribution in [3.05, 3.63) is 23.8 Å².